The molecule has 0 spiro atoms. The molecule has 3 heterocycles. The molecule has 0 aliphatic heterocycles. The lowest BCUT2D eigenvalue weighted by atomic mass is 10.5. The molecule has 12 heavy (non-hydrogen) atoms. The number of imidazole rings is 1. The van der Waals surface area contributed by atoms with Crippen LogP contribution in [0, 0.1) is 0 Å². The fourth-order valence-electron chi connectivity index (χ4n) is 1.23. The van der Waals surface area contributed by atoms with E-state index in [1.165, 1.54) is 0 Å². The van der Waals surface area contributed by atoms with Gasteiger partial charge in [-0.25, -0.2) is 0 Å². The Bertz CT molecular complexity index is 489. The number of thiazole rings is 1. The van der Waals surface area contributed by atoms with E-state index in [4.69, 9.17) is 0 Å². The molecule has 0 saturated heterocycles. The summed E-state index contributed by atoms with van der Waals surface area (Å²) in [6.07, 6.45) is 5.42. The molecule has 3 rings (SSSR count). The van der Waals surface area contributed by atoms with Crippen LogP contribution < -0.4 is 4.40 Å². The molecule has 58 valence electrons. The van der Waals surface area contributed by atoms with Crippen LogP contribution in [0.4, 0.5) is 0 Å². The summed E-state index contributed by atoms with van der Waals surface area (Å²) in [5, 5.41) is 2.03. The van der Waals surface area contributed by atoms with Gasteiger partial charge in [0.1, 0.15) is 6.20 Å². The smallest absolute Gasteiger partial charge is 0.296 e. The van der Waals surface area contributed by atoms with Crippen molar-refractivity contribution in [2.75, 3.05) is 0 Å². The standard InChI is InChI=1S/C7H4N4S/c1-2-12-7-5-6(9-3-8-5)10-4-11(1)7/h1-4H/p+1. The first-order valence-electron chi connectivity index (χ1n) is 3.52. The number of nitrogens with zero attached hydrogens (tertiary/aromatic N) is 3. The van der Waals surface area contributed by atoms with Gasteiger partial charge < -0.3 is 4.98 Å². The molecule has 3 aromatic rings. The van der Waals surface area contributed by atoms with Crippen LogP contribution >= 0.6 is 11.3 Å². The molecule has 3 aromatic heterocycles. The maximum atomic E-state index is 4.17. The summed E-state index contributed by atoms with van der Waals surface area (Å²) >= 11 is 1.67. The number of rotatable bonds is 0. The highest BCUT2D eigenvalue weighted by Crippen LogP contribution is 2.13. The SMILES string of the molecule is c1nc2nc[n+]3ccsc3c2[nH]1. The van der Waals surface area contributed by atoms with E-state index in [9.17, 15) is 0 Å². The monoisotopic (exact) mass is 177 g/mol. The lowest BCUT2D eigenvalue weighted by molar-refractivity contribution is -0.509. The van der Waals surface area contributed by atoms with Crippen molar-refractivity contribution in [1.29, 1.82) is 0 Å². The van der Waals surface area contributed by atoms with Gasteiger partial charge in [-0.15, -0.1) is 0 Å². The third-order valence-electron chi connectivity index (χ3n) is 1.77. The molecule has 0 bridgehead atoms. The molecule has 0 amide bonds. The van der Waals surface area contributed by atoms with Gasteiger partial charge >= 0.3 is 0 Å². The molecule has 1 N–H and O–H groups in total. The molecule has 4 nitrogen and oxygen atoms in total. The fourth-order valence-corrected chi connectivity index (χ4v) is 2.05. The van der Waals surface area contributed by atoms with E-state index in [2.05, 4.69) is 15.0 Å². The average Bonchev–Trinajstić information content (AvgIpc) is 2.71. The van der Waals surface area contributed by atoms with E-state index in [-0.39, 0.29) is 0 Å². The van der Waals surface area contributed by atoms with Crippen molar-refractivity contribution in [1.82, 2.24) is 15.0 Å². The average molecular weight is 177 g/mol. The second-order valence-electron chi connectivity index (χ2n) is 2.46. The van der Waals surface area contributed by atoms with Crippen LogP contribution in [0.25, 0.3) is 16.0 Å². The van der Waals surface area contributed by atoms with E-state index >= 15 is 0 Å². The summed E-state index contributed by atoms with van der Waals surface area (Å²) in [5.74, 6) is 0. The summed E-state index contributed by atoms with van der Waals surface area (Å²) < 4.78 is 1.98. The first kappa shape index (κ1) is 6.07. The maximum Gasteiger partial charge on any atom is 0.296 e. The molecule has 0 radical (unpaired) electrons. The van der Waals surface area contributed by atoms with Crippen molar-refractivity contribution in [3.8, 4) is 0 Å². The van der Waals surface area contributed by atoms with E-state index in [1.807, 2.05) is 16.0 Å². The second kappa shape index (κ2) is 2.01. The van der Waals surface area contributed by atoms with Crippen molar-refractivity contribution >= 4 is 27.3 Å². The van der Waals surface area contributed by atoms with Crippen LogP contribution in [0.3, 0.4) is 0 Å². The van der Waals surface area contributed by atoms with Gasteiger partial charge in [0.05, 0.1) is 6.33 Å². The normalized spacial score (nSPS) is 11.3. The molecular weight excluding hydrogens is 172 g/mol. The summed E-state index contributed by atoms with van der Waals surface area (Å²) in [4.78, 5) is 12.5. The molecule has 0 fully saturated rings. The highest BCUT2D eigenvalue weighted by Gasteiger charge is 2.10. The van der Waals surface area contributed by atoms with Gasteiger partial charge in [-0.1, -0.05) is 11.3 Å². The Kier molecular flexibility index (Phi) is 1.02. The minimum absolute atomic E-state index is 0.775. The van der Waals surface area contributed by atoms with Crippen molar-refractivity contribution in [2.45, 2.75) is 0 Å². The molecular formula is C7H5N4S+. The zero-order valence-electron chi connectivity index (χ0n) is 6.06. The van der Waals surface area contributed by atoms with Crippen LogP contribution in [-0.2, 0) is 0 Å². The molecule has 0 aromatic carbocycles. The number of aromatic nitrogens is 4. The Morgan fingerprint density at radius 1 is 1.42 bits per heavy atom. The van der Waals surface area contributed by atoms with E-state index in [0.29, 0.717) is 0 Å². The highest BCUT2D eigenvalue weighted by molar-refractivity contribution is 7.15. The quantitative estimate of drug-likeness (QED) is 0.515. The van der Waals surface area contributed by atoms with Crippen molar-refractivity contribution in [3.05, 3.63) is 24.2 Å². The Morgan fingerprint density at radius 2 is 2.42 bits per heavy atom. The van der Waals surface area contributed by atoms with Crippen LogP contribution in [0.2, 0.25) is 0 Å². The number of H-pyrrole nitrogens is 1. The van der Waals surface area contributed by atoms with Crippen molar-refractivity contribution < 1.29 is 4.40 Å². The third-order valence-corrected chi connectivity index (χ3v) is 2.67. The van der Waals surface area contributed by atoms with E-state index < -0.39 is 0 Å². The summed E-state index contributed by atoms with van der Waals surface area (Å²) in [7, 11) is 0. The van der Waals surface area contributed by atoms with Gasteiger partial charge in [0.2, 0.25) is 4.83 Å². The number of hydrogen-bond acceptors (Lipinski definition) is 3. The lowest BCUT2D eigenvalue weighted by Crippen LogP contribution is -2.17. The van der Waals surface area contributed by atoms with Crippen LogP contribution in [0.1, 0.15) is 0 Å². The van der Waals surface area contributed by atoms with E-state index in [0.717, 1.165) is 16.0 Å². The maximum absolute atomic E-state index is 4.17. The van der Waals surface area contributed by atoms with Gasteiger partial charge in [0.15, 0.2) is 5.52 Å². The predicted octanol–water partition coefficient (Wildman–Crippen LogP) is 0.758. The number of fused-ring (bicyclic) bond motifs is 3. The first-order chi connectivity index (χ1) is 5.95. The van der Waals surface area contributed by atoms with Crippen molar-refractivity contribution in [3.63, 3.8) is 0 Å². The number of nitrogens with one attached hydrogen (secondary N) is 1. The zero-order valence-corrected chi connectivity index (χ0v) is 6.88. The van der Waals surface area contributed by atoms with Gasteiger partial charge in [-0.2, -0.15) is 9.38 Å². The zero-order chi connectivity index (χ0) is 7.97. The van der Waals surface area contributed by atoms with Crippen LogP contribution in [0.5, 0.6) is 0 Å². The molecule has 0 atom stereocenters. The molecule has 0 saturated carbocycles. The molecule has 0 aliphatic rings. The lowest BCUT2D eigenvalue weighted by Gasteiger charge is -1.81. The molecule has 5 heteroatoms. The topological polar surface area (TPSA) is 45.7 Å². The van der Waals surface area contributed by atoms with Gasteiger partial charge in [-0.3, -0.25) is 0 Å². The minimum atomic E-state index is 0.775. The van der Waals surface area contributed by atoms with Crippen LogP contribution in [-0.4, -0.2) is 15.0 Å². The summed E-state index contributed by atoms with van der Waals surface area (Å²) in [6, 6.07) is 0. The Labute approximate surface area is 71.5 Å². The third kappa shape index (κ3) is 0.634. The van der Waals surface area contributed by atoms with Gasteiger partial charge in [-0.05, 0) is 4.98 Å². The highest BCUT2D eigenvalue weighted by atomic mass is 32.1. The summed E-state index contributed by atoms with van der Waals surface area (Å²) in [5.41, 5.74) is 1.78. The van der Waals surface area contributed by atoms with E-state index in [1.54, 1.807) is 24.0 Å². The van der Waals surface area contributed by atoms with Crippen molar-refractivity contribution in [2.24, 2.45) is 0 Å². The largest absolute Gasteiger partial charge is 0.337 e. The minimum Gasteiger partial charge on any atom is -0.337 e. The predicted molar refractivity (Wildman–Crippen MR) is 44.9 cm³/mol. The first-order valence-corrected chi connectivity index (χ1v) is 4.40. The van der Waals surface area contributed by atoms with Crippen LogP contribution in [0.15, 0.2) is 24.2 Å². The Balaban J connectivity index is 2.71. The Hall–Kier alpha value is -1.49. The number of hydrogen-bond donors (Lipinski definition) is 1. The van der Waals surface area contributed by atoms with Gasteiger partial charge in [0, 0.05) is 5.38 Å². The second-order valence-corrected chi connectivity index (χ2v) is 3.36. The molecule has 0 aliphatic carbocycles. The fraction of sp³-hybridized carbons (Fsp3) is 0. The van der Waals surface area contributed by atoms with Gasteiger partial charge in [0.25, 0.3) is 12.0 Å². The Morgan fingerprint density at radius 3 is 3.42 bits per heavy atom. The number of aromatic amines is 1. The molecule has 0 unspecified atom stereocenters. The summed E-state index contributed by atoms with van der Waals surface area (Å²) in [6.45, 7) is 0.